The van der Waals surface area contributed by atoms with Gasteiger partial charge in [0.15, 0.2) is 0 Å². The lowest BCUT2D eigenvalue weighted by Gasteiger charge is -2.31. The van der Waals surface area contributed by atoms with Crippen molar-refractivity contribution in [3.05, 3.63) is 217 Å². The molecule has 0 saturated carbocycles. The van der Waals surface area contributed by atoms with Crippen molar-refractivity contribution in [3.63, 3.8) is 0 Å². The van der Waals surface area contributed by atoms with E-state index in [1.807, 2.05) is 0 Å². The van der Waals surface area contributed by atoms with Crippen LogP contribution in [0.4, 0.5) is 34.1 Å². The summed E-state index contributed by atoms with van der Waals surface area (Å²) in [4.78, 5) is 4.93. The first kappa shape index (κ1) is 37.1. The van der Waals surface area contributed by atoms with E-state index >= 15 is 0 Å². The van der Waals surface area contributed by atoms with Crippen LogP contribution >= 0.6 is 0 Å². The number of benzene rings is 10. The van der Waals surface area contributed by atoms with E-state index in [1.54, 1.807) is 0 Å². The van der Waals surface area contributed by atoms with E-state index < -0.39 is 0 Å². The Hall–Kier alpha value is -7.16. The molecule has 0 radical (unpaired) electrons. The lowest BCUT2D eigenvalue weighted by atomic mass is 9.81. The van der Waals surface area contributed by atoms with Gasteiger partial charge in [-0.1, -0.05) is 172 Å². The molecule has 0 unspecified atom stereocenters. The molecule has 60 heavy (non-hydrogen) atoms. The standard InChI is InChI=1S/C58H48N2/c1-39-25-27-44(41-17-9-6-10-18-41)37-54(39)59(46-19-11-7-12-20-46)52-35-31-42-30-34-50-53(36-32-43-29-33-49(52)56(42)57(43)50)60(47-21-13-8-14-22-47)55-38-45(28-26-40(55)2)48-23-15-16-24-51(48)58(3,4)5/h6-38H,1-5H3. The van der Waals surface area contributed by atoms with Crippen molar-refractivity contribution in [2.24, 2.45) is 0 Å². The Balaban J connectivity index is 1.21. The Morgan fingerprint density at radius 1 is 0.350 bits per heavy atom. The quantitative estimate of drug-likeness (QED) is 0.142. The maximum atomic E-state index is 2.47. The highest BCUT2D eigenvalue weighted by atomic mass is 15.2. The molecule has 0 aliphatic heterocycles. The SMILES string of the molecule is Cc1ccc(-c2ccccc2)cc1N(c1ccccc1)c1ccc2ccc3c(N(c4ccccc4)c4cc(-c5ccccc5C(C)(C)C)ccc4C)ccc4ccc1c2c43. The molecule has 2 nitrogen and oxygen atoms in total. The topological polar surface area (TPSA) is 6.48 Å². The van der Waals surface area contributed by atoms with E-state index in [9.17, 15) is 0 Å². The van der Waals surface area contributed by atoms with Gasteiger partial charge in [0, 0.05) is 33.5 Å². The van der Waals surface area contributed by atoms with Crippen LogP contribution in [0.1, 0.15) is 37.5 Å². The summed E-state index contributed by atoms with van der Waals surface area (Å²) in [5.41, 5.74) is 15.6. The highest BCUT2D eigenvalue weighted by Gasteiger charge is 2.24. The van der Waals surface area contributed by atoms with Gasteiger partial charge in [-0.25, -0.2) is 0 Å². The lowest BCUT2D eigenvalue weighted by molar-refractivity contribution is 0.592. The minimum atomic E-state index is 0.00513. The number of hydrogen-bond acceptors (Lipinski definition) is 2. The predicted molar refractivity (Wildman–Crippen MR) is 259 cm³/mol. The van der Waals surface area contributed by atoms with Crippen molar-refractivity contribution in [2.45, 2.75) is 40.0 Å². The molecule has 0 bridgehead atoms. The molecule has 10 aromatic rings. The normalized spacial score (nSPS) is 11.8. The fourth-order valence-electron chi connectivity index (χ4n) is 9.20. The van der Waals surface area contributed by atoms with Gasteiger partial charge in [0.1, 0.15) is 0 Å². The summed E-state index contributed by atoms with van der Waals surface area (Å²) in [7, 11) is 0. The average Bonchev–Trinajstić information content (AvgIpc) is 3.28. The van der Waals surface area contributed by atoms with Crippen LogP contribution in [0.5, 0.6) is 0 Å². The number of nitrogens with zero attached hydrogens (tertiary/aromatic N) is 2. The van der Waals surface area contributed by atoms with Crippen molar-refractivity contribution in [1.29, 1.82) is 0 Å². The molecule has 10 aromatic carbocycles. The van der Waals surface area contributed by atoms with Crippen molar-refractivity contribution in [3.8, 4) is 22.3 Å². The summed E-state index contributed by atoms with van der Waals surface area (Å²) in [6, 6.07) is 73.6. The van der Waals surface area contributed by atoms with Gasteiger partial charge >= 0.3 is 0 Å². The molecule has 0 amide bonds. The van der Waals surface area contributed by atoms with Gasteiger partial charge in [0.25, 0.3) is 0 Å². The van der Waals surface area contributed by atoms with Crippen LogP contribution < -0.4 is 9.80 Å². The second-order valence-corrected chi connectivity index (χ2v) is 17.1. The Labute approximate surface area is 354 Å². The molecule has 0 spiro atoms. The van der Waals surface area contributed by atoms with Crippen molar-refractivity contribution < 1.29 is 0 Å². The Kier molecular flexibility index (Phi) is 9.22. The lowest BCUT2D eigenvalue weighted by Crippen LogP contribution is -2.14. The largest absolute Gasteiger partial charge is 0.310 e. The number of para-hydroxylation sites is 2. The van der Waals surface area contributed by atoms with Crippen molar-refractivity contribution >= 4 is 66.4 Å². The molecule has 0 aliphatic carbocycles. The summed E-state index contributed by atoms with van der Waals surface area (Å²) in [6.07, 6.45) is 0. The van der Waals surface area contributed by atoms with Crippen molar-refractivity contribution in [2.75, 3.05) is 9.80 Å². The first-order valence-corrected chi connectivity index (χ1v) is 21.0. The molecule has 10 rings (SSSR count). The first-order valence-electron chi connectivity index (χ1n) is 21.0. The number of hydrogen-bond donors (Lipinski definition) is 0. The maximum Gasteiger partial charge on any atom is 0.0540 e. The van der Waals surface area contributed by atoms with Crippen LogP contribution in [0.25, 0.3) is 54.6 Å². The minimum absolute atomic E-state index is 0.00513. The van der Waals surface area contributed by atoms with E-state index in [1.165, 1.54) is 76.9 Å². The molecule has 290 valence electrons. The third-order valence-corrected chi connectivity index (χ3v) is 12.2. The zero-order valence-electron chi connectivity index (χ0n) is 34.9. The predicted octanol–water partition coefficient (Wildman–Crippen LogP) is 16.8. The second-order valence-electron chi connectivity index (χ2n) is 17.1. The van der Waals surface area contributed by atoms with E-state index in [4.69, 9.17) is 0 Å². The highest BCUT2D eigenvalue weighted by molar-refractivity contribution is 6.28. The summed E-state index contributed by atoms with van der Waals surface area (Å²) < 4.78 is 0. The van der Waals surface area contributed by atoms with Crippen LogP contribution in [0.3, 0.4) is 0 Å². The average molecular weight is 773 g/mol. The van der Waals surface area contributed by atoms with Gasteiger partial charge in [-0.2, -0.15) is 0 Å². The molecular weight excluding hydrogens is 725 g/mol. The summed E-state index contributed by atoms with van der Waals surface area (Å²) in [5.74, 6) is 0. The van der Waals surface area contributed by atoms with E-state index in [0.29, 0.717) is 0 Å². The summed E-state index contributed by atoms with van der Waals surface area (Å²) >= 11 is 0. The van der Waals surface area contributed by atoms with Gasteiger partial charge < -0.3 is 9.80 Å². The highest BCUT2D eigenvalue weighted by Crippen LogP contribution is 2.49. The van der Waals surface area contributed by atoms with Crippen LogP contribution in [-0.2, 0) is 5.41 Å². The molecule has 0 saturated heterocycles. The third kappa shape index (κ3) is 6.46. The Bertz CT molecular complexity index is 3140. The van der Waals surface area contributed by atoms with Gasteiger partial charge in [0.05, 0.1) is 11.4 Å². The number of aryl methyl sites for hydroxylation is 2. The Morgan fingerprint density at radius 2 is 0.783 bits per heavy atom. The molecule has 0 fully saturated rings. The molecule has 0 atom stereocenters. The summed E-state index contributed by atoms with van der Waals surface area (Å²) in [5, 5.41) is 7.46. The zero-order valence-corrected chi connectivity index (χ0v) is 34.9. The van der Waals surface area contributed by atoms with Crippen LogP contribution in [-0.4, -0.2) is 0 Å². The second kappa shape index (κ2) is 14.9. The molecular formula is C58H48N2. The van der Waals surface area contributed by atoms with E-state index in [-0.39, 0.29) is 5.41 Å². The number of rotatable bonds is 8. The number of anilines is 6. The van der Waals surface area contributed by atoms with E-state index in [2.05, 4.69) is 245 Å². The minimum Gasteiger partial charge on any atom is -0.310 e. The van der Waals surface area contributed by atoms with E-state index in [0.717, 1.165) is 28.4 Å². The molecule has 0 aliphatic rings. The van der Waals surface area contributed by atoms with Crippen LogP contribution in [0, 0.1) is 13.8 Å². The monoisotopic (exact) mass is 772 g/mol. The van der Waals surface area contributed by atoms with Gasteiger partial charge in [-0.05, 0) is 128 Å². The fraction of sp³-hybridized carbons (Fsp3) is 0.103. The fourth-order valence-corrected chi connectivity index (χ4v) is 9.20. The Morgan fingerprint density at radius 3 is 1.30 bits per heavy atom. The third-order valence-electron chi connectivity index (χ3n) is 12.2. The molecule has 0 aromatic heterocycles. The van der Waals surface area contributed by atoms with Crippen molar-refractivity contribution in [1.82, 2.24) is 0 Å². The van der Waals surface area contributed by atoms with Crippen LogP contribution in [0.15, 0.2) is 200 Å². The van der Waals surface area contributed by atoms with Gasteiger partial charge in [-0.3, -0.25) is 0 Å². The molecule has 0 heterocycles. The molecule has 2 heteroatoms. The van der Waals surface area contributed by atoms with Gasteiger partial charge in [0.2, 0.25) is 0 Å². The zero-order chi connectivity index (χ0) is 41.0. The first-order chi connectivity index (χ1) is 29.2. The smallest absolute Gasteiger partial charge is 0.0540 e. The summed E-state index contributed by atoms with van der Waals surface area (Å²) in [6.45, 7) is 11.4. The molecule has 0 N–H and O–H groups in total. The maximum absolute atomic E-state index is 2.47. The van der Waals surface area contributed by atoms with Crippen LogP contribution in [0.2, 0.25) is 0 Å². The van der Waals surface area contributed by atoms with Gasteiger partial charge in [-0.15, -0.1) is 0 Å².